The Balaban J connectivity index is 2.44. The zero-order chi connectivity index (χ0) is 7.40. The van der Waals surface area contributed by atoms with Crippen molar-refractivity contribution in [3.8, 4) is 0 Å². The van der Waals surface area contributed by atoms with E-state index in [1.807, 2.05) is 6.21 Å². The van der Waals surface area contributed by atoms with Crippen LogP contribution in [0.5, 0.6) is 0 Å². The Morgan fingerprint density at radius 2 is 2.30 bits per heavy atom. The summed E-state index contributed by atoms with van der Waals surface area (Å²) in [5.41, 5.74) is 0. The van der Waals surface area contributed by atoms with E-state index in [-0.39, 0.29) is 0 Å². The third kappa shape index (κ3) is 2.10. The molecule has 0 aromatic rings. The third-order valence-electron chi connectivity index (χ3n) is 2.08. The van der Waals surface area contributed by atoms with Gasteiger partial charge in [0, 0.05) is 12.8 Å². The smallest absolute Gasteiger partial charge is 0.0505 e. The molecule has 0 radical (unpaired) electrons. The molecule has 1 heterocycles. The van der Waals surface area contributed by atoms with Crippen molar-refractivity contribution in [2.45, 2.75) is 26.3 Å². The molecule has 58 valence electrons. The van der Waals surface area contributed by atoms with Crippen molar-refractivity contribution in [3.63, 3.8) is 0 Å². The van der Waals surface area contributed by atoms with Gasteiger partial charge in [-0.1, -0.05) is 6.92 Å². The van der Waals surface area contributed by atoms with Crippen molar-refractivity contribution in [3.05, 3.63) is 0 Å². The molecule has 2 nitrogen and oxygen atoms in total. The molecule has 0 amide bonds. The summed E-state index contributed by atoms with van der Waals surface area (Å²) >= 11 is 0. The highest BCUT2D eigenvalue weighted by Crippen LogP contribution is 2.05. The van der Waals surface area contributed by atoms with E-state index in [1.54, 1.807) is 0 Å². The first kappa shape index (κ1) is 7.73. The molecule has 2 unspecified atom stereocenters. The highest BCUT2D eigenvalue weighted by atomic mass is 14.9. The number of nitrogens with zero attached hydrogens (tertiary/aromatic N) is 1. The van der Waals surface area contributed by atoms with Gasteiger partial charge in [-0.15, -0.1) is 0 Å². The van der Waals surface area contributed by atoms with Crippen LogP contribution < -0.4 is 5.32 Å². The van der Waals surface area contributed by atoms with Crippen LogP contribution in [0.4, 0.5) is 0 Å². The van der Waals surface area contributed by atoms with E-state index in [0.29, 0.717) is 12.0 Å². The van der Waals surface area contributed by atoms with Crippen LogP contribution in [0.2, 0.25) is 0 Å². The molecule has 1 N–H and O–H groups in total. The van der Waals surface area contributed by atoms with Gasteiger partial charge in [0.25, 0.3) is 0 Å². The Bertz CT molecular complexity index is 120. The van der Waals surface area contributed by atoms with E-state index in [1.165, 1.54) is 0 Å². The number of rotatable bonds is 0. The topological polar surface area (TPSA) is 24.4 Å². The highest BCUT2D eigenvalue weighted by Gasteiger charge is 2.10. The molecule has 0 saturated heterocycles. The second-order valence-corrected chi connectivity index (χ2v) is 3.04. The molecule has 0 bridgehead atoms. The van der Waals surface area contributed by atoms with Gasteiger partial charge in [-0.25, -0.2) is 0 Å². The van der Waals surface area contributed by atoms with Gasteiger partial charge in [0.15, 0.2) is 0 Å². The summed E-state index contributed by atoms with van der Waals surface area (Å²) in [4.78, 5) is 4.40. The normalized spacial score (nSPS) is 35.0. The summed E-state index contributed by atoms with van der Waals surface area (Å²) < 4.78 is 0. The van der Waals surface area contributed by atoms with Gasteiger partial charge in [0.05, 0.1) is 6.04 Å². The molecule has 0 aromatic carbocycles. The fraction of sp³-hybridized carbons (Fsp3) is 0.875. The van der Waals surface area contributed by atoms with Gasteiger partial charge in [0.1, 0.15) is 0 Å². The molecule has 10 heavy (non-hydrogen) atoms. The Morgan fingerprint density at radius 1 is 1.50 bits per heavy atom. The fourth-order valence-electron chi connectivity index (χ4n) is 1.05. The molecule has 0 aliphatic carbocycles. The molecule has 2 atom stereocenters. The monoisotopic (exact) mass is 140 g/mol. The molecule has 1 aliphatic rings. The van der Waals surface area contributed by atoms with Gasteiger partial charge in [-0.2, -0.15) is 0 Å². The summed E-state index contributed by atoms with van der Waals surface area (Å²) in [6.45, 7) is 6.60. The van der Waals surface area contributed by atoms with Crippen LogP contribution in [0.15, 0.2) is 4.99 Å². The summed E-state index contributed by atoms with van der Waals surface area (Å²) in [6, 6.07) is 0.493. The van der Waals surface area contributed by atoms with E-state index in [2.05, 4.69) is 24.2 Å². The Labute approximate surface area is 62.7 Å². The predicted octanol–water partition coefficient (Wildman–Crippen LogP) is 1.08. The van der Waals surface area contributed by atoms with Crippen LogP contribution in [0.1, 0.15) is 20.3 Å². The summed E-state index contributed by atoms with van der Waals surface area (Å²) in [7, 11) is 0. The minimum Gasteiger partial charge on any atom is -0.316 e. The van der Waals surface area contributed by atoms with Gasteiger partial charge >= 0.3 is 0 Å². The molecule has 1 aliphatic heterocycles. The largest absolute Gasteiger partial charge is 0.316 e. The van der Waals surface area contributed by atoms with Gasteiger partial charge < -0.3 is 5.32 Å². The maximum absolute atomic E-state index is 4.40. The maximum atomic E-state index is 4.40. The third-order valence-corrected chi connectivity index (χ3v) is 2.08. The second kappa shape index (κ2) is 3.71. The molecular formula is C8H16N2. The van der Waals surface area contributed by atoms with Crippen LogP contribution in [0.3, 0.4) is 0 Å². The lowest BCUT2D eigenvalue weighted by atomic mass is 10.0. The summed E-state index contributed by atoms with van der Waals surface area (Å²) in [5.74, 6) is 0.677. The van der Waals surface area contributed by atoms with E-state index in [4.69, 9.17) is 0 Å². The predicted molar refractivity (Wildman–Crippen MR) is 44.6 cm³/mol. The molecule has 0 aromatic heterocycles. The van der Waals surface area contributed by atoms with Crippen LogP contribution >= 0.6 is 0 Å². The quantitative estimate of drug-likeness (QED) is 0.535. The van der Waals surface area contributed by atoms with E-state index in [0.717, 1.165) is 19.5 Å². The first-order valence-electron chi connectivity index (χ1n) is 4.03. The fourth-order valence-corrected chi connectivity index (χ4v) is 1.05. The van der Waals surface area contributed by atoms with Crippen LogP contribution in [0, 0.1) is 5.92 Å². The molecule has 2 heteroatoms. The first-order chi connectivity index (χ1) is 4.80. The number of nitrogens with one attached hydrogen (secondary N) is 1. The first-order valence-corrected chi connectivity index (χ1v) is 4.03. The average molecular weight is 140 g/mol. The molecule has 0 fully saturated rings. The SMILES string of the molecule is CC1CNCCC=NC1C. The Morgan fingerprint density at radius 3 is 3.10 bits per heavy atom. The Kier molecular flexibility index (Phi) is 2.87. The van der Waals surface area contributed by atoms with E-state index >= 15 is 0 Å². The highest BCUT2D eigenvalue weighted by molar-refractivity contribution is 5.57. The molecule has 1 rings (SSSR count). The van der Waals surface area contributed by atoms with Gasteiger partial charge in [0.2, 0.25) is 0 Å². The zero-order valence-electron chi connectivity index (χ0n) is 6.80. The molecule has 0 spiro atoms. The lowest BCUT2D eigenvalue weighted by molar-refractivity contribution is 0.444. The van der Waals surface area contributed by atoms with Gasteiger partial charge in [-0.05, 0) is 25.8 Å². The van der Waals surface area contributed by atoms with Crippen molar-refractivity contribution in [1.82, 2.24) is 5.32 Å². The molecular weight excluding hydrogens is 124 g/mol. The zero-order valence-corrected chi connectivity index (χ0v) is 6.80. The van der Waals surface area contributed by atoms with Gasteiger partial charge in [-0.3, -0.25) is 4.99 Å². The second-order valence-electron chi connectivity index (χ2n) is 3.04. The number of hydrogen-bond donors (Lipinski definition) is 1. The number of hydrogen-bond acceptors (Lipinski definition) is 2. The van der Waals surface area contributed by atoms with Crippen molar-refractivity contribution >= 4 is 6.21 Å². The Hall–Kier alpha value is -0.370. The van der Waals surface area contributed by atoms with Crippen LogP contribution in [0.25, 0.3) is 0 Å². The standard InChI is InChI=1S/C8H16N2/c1-7-6-9-4-3-5-10-8(7)2/h5,7-9H,3-4,6H2,1-2H3. The van der Waals surface area contributed by atoms with Crippen molar-refractivity contribution in [1.29, 1.82) is 0 Å². The van der Waals surface area contributed by atoms with Crippen molar-refractivity contribution in [2.24, 2.45) is 10.9 Å². The minimum atomic E-state index is 0.493. The average Bonchev–Trinajstić information content (AvgIpc) is 1.92. The van der Waals surface area contributed by atoms with Crippen LogP contribution in [-0.2, 0) is 0 Å². The van der Waals surface area contributed by atoms with Crippen LogP contribution in [-0.4, -0.2) is 25.3 Å². The lowest BCUT2D eigenvalue weighted by Crippen LogP contribution is -2.29. The van der Waals surface area contributed by atoms with E-state index in [9.17, 15) is 0 Å². The summed E-state index contributed by atoms with van der Waals surface area (Å²) in [5, 5.41) is 3.38. The lowest BCUT2D eigenvalue weighted by Gasteiger charge is -2.18. The maximum Gasteiger partial charge on any atom is 0.0505 e. The van der Waals surface area contributed by atoms with E-state index < -0.39 is 0 Å². The van der Waals surface area contributed by atoms with Crippen molar-refractivity contribution in [2.75, 3.05) is 13.1 Å². The minimum absolute atomic E-state index is 0.493. The number of aliphatic imine (C=N–C) groups is 1. The van der Waals surface area contributed by atoms with Crippen molar-refractivity contribution < 1.29 is 0 Å². The molecule has 0 saturated carbocycles. The summed E-state index contributed by atoms with van der Waals surface area (Å²) in [6.07, 6.45) is 3.12.